The van der Waals surface area contributed by atoms with Crippen LogP contribution in [0.2, 0.25) is 0 Å². The molecule has 2 aromatic heterocycles. The highest BCUT2D eigenvalue weighted by atomic mass is 32.1. The van der Waals surface area contributed by atoms with E-state index < -0.39 is 11.2 Å². The fraction of sp³-hybridized carbons (Fsp3) is 0.211. The molecule has 134 valence electrons. The maximum absolute atomic E-state index is 12.5. The molecule has 0 radical (unpaired) electrons. The van der Waals surface area contributed by atoms with E-state index >= 15 is 0 Å². The number of carbonyl (C=O) groups excluding carboxylic acids is 1. The summed E-state index contributed by atoms with van der Waals surface area (Å²) in [6.07, 6.45) is 0.521. The van der Waals surface area contributed by atoms with E-state index in [4.69, 9.17) is 0 Å². The topological polar surface area (TPSA) is 64.3 Å². The normalized spacial score (nSPS) is 10.7. The van der Waals surface area contributed by atoms with E-state index in [-0.39, 0.29) is 5.56 Å². The first-order valence-electron chi connectivity index (χ1n) is 8.06. The van der Waals surface area contributed by atoms with Crippen LogP contribution in [-0.4, -0.2) is 15.4 Å². The molecule has 0 fully saturated rings. The summed E-state index contributed by atoms with van der Waals surface area (Å²) in [6.45, 7) is 2.43. The largest absolute Gasteiger partial charge is 0.332 e. The highest BCUT2D eigenvalue weighted by Crippen LogP contribution is 2.29. The lowest BCUT2D eigenvalue weighted by atomic mass is 10.2. The Morgan fingerprint density at radius 2 is 1.77 bits per heavy atom. The Morgan fingerprint density at radius 3 is 2.35 bits per heavy atom. The van der Waals surface area contributed by atoms with Crippen molar-refractivity contribution in [1.29, 1.82) is 0 Å². The Labute approximate surface area is 154 Å². The fourth-order valence-electron chi connectivity index (χ4n) is 2.86. The summed E-state index contributed by atoms with van der Waals surface area (Å²) in [4.78, 5) is 39.5. The highest BCUT2D eigenvalue weighted by Gasteiger charge is 2.22. The average molecular weight is 369 g/mol. The minimum absolute atomic E-state index is 0.0354. The zero-order valence-electron chi connectivity index (χ0n) is 14.8. The van der Waals surface area contributed by atoms with Gasteiger partial charge in [0.05, 0.1) is 6.54 Å². The Hall–Kier alpha value is -2.93. The summed E-state index contributed by atoms with van der Waals surface area (Å²) in [5.74, 6) is 0.297. The van der Waals surface area contributed by atoms with Gasteiger partial charge in [0.2, 0.25) is 0 Å². The van der Waals surface area contributed by atoms with Crippen molar-refractivity contribution in [2.45, 2.75) is 13.5 Å². The van der Waals surface area contributed by atoms with Crippen molar-refractivity contribution >= 4 is 29.1 Å². The van der Waals surface area contributed by atoms with E-state index in [1.807, 2.05) is 53.6 Å². The molecule has 3 rings (SSSR count). The van der Waals surface area contributed by atoms with Gasteiger partial charge >= 0.3 is 5.69 Å². The van der Waals surface area contributed by atoms with Crippen molar-refractivity contribution < 1.29 is 4.79 Å². The van der Waals surface area contributed by atoms with Gasteiger partial charge in [-0.25, -0.2) is 4.79 Å². The first kappa shape index (κ1) is 17.9. The van der Waals surface area contributed by atoms with Gasteiger partial charge < -0.3 is 4.90 Å². The number of carbonyl (C=O) groups is 1. The Balaban J connectivity index is 2.28. The predicted molar refractivity (Wildman–Crippen MR) is 104 cm³/mol. The number of aldehydes is 1. The molecule has 0 bridgehead atoms. The van der Waals surface area contributed by atoms with Crippen LogP contribution in [0.5, 0.6) is 0 Å². The summed E-state index contributed by atoms with van der Waals surface area (Å²) in [5, 5.41) is 1.96. The lowest BCUT2D eigenvalue weighted by Crippen LogP contribution is -2.42. The van der Waals surface area contributed by atoms with Crippen molar-refractivity contribution in [2.75, 3.05) is 4.90 Å². The van der Waals surface area contributed by atoms with Gasteiger partial charge in [-0.05, 0) is 30.5 Å². The van der Waals surface area contributed by atoms with Crippen LogP contribution in [0.3, 0.4) is 0 Å². The van der Waals surface area contributed by atoms with E-state index in [1.54, 1.807) is 18.4 Å². The fourth-order valence-corrected chi connectivity index (χ4v) is 3.55. The standard InChI is InChI=1S/C19H19N3O3S/c1-13-6-8-14(9-7-13)22(11-15-5-4-10-26-15)17-16(12-23)18(24)21(3)19(25)20(17)2/h4-10,12H,11H2,1-3H3. The monoisotopic (exact) mass is 369 g/mol. The summed E-state index contributed by atoms with van der Waals surface area (Å²) in [6, 6.07) is 11.7. The van der Waals surface area contributed by atoms with Crippen LogP contribution in [0.1, 0.15) is 20.8 Å². The van der Waals surface area contributed by atoms with E-state index in [0.29, 0.717) is 18.6 Å². The number of nitrogens with zero attached hydrogens (tertiary/aromatic N) is 3. The highest BCUT2D eigenvalue weighted by molar-refractivity contribution is 7.09. The molecule has 0 saturated carbocycles. The number of aromatic nitrogens is 2. The molecule has 0 N–H and O–H groups in total. The predicted octanol–water partition coefficient (Wildman–Crippen LogP) is 2.60. The number of benzene rings is 1. The van der Waals surface area contributed by atoms with Gasteiger partial charge in [0.15, 0.2) is 6.29 Å². The van der Waals surface area contributed by atoms with Crippen LogP contribution in [-0.2, 0) is 20.6 Å². The molecule has 0 aliphatic carbocycles. The molecule has 7 heteroatoms. The van der Waals surface area contributed by atoms with Crippen LogP contribution in [0, 0.1) is 6.92 Å². The van der Waals surface area contributed by atoms with Crippen molar-refractivity contribution in [1.82, 2.24) is 9.13 Å². The minimum Gasteiger partial charge on any atom is -0.322 e. The van der Waals surface area contributed by atoms with E-state index in [1.165, 1.54) is 11.6 Å². The number of thiophene rings is 1. The third kappa shape index (κ3) is 3.13. The van der Waals surface area contributed by atoms with Gasteiger partial charge in [0.25, 0.3) is 5.56 Å². The van der Waals surface area contributed by atoms with Crippen molar-refractivity contribution in [3.05, 3.63) is 78.6 Å². The second-order valence-corrected chi connectivity index (χ2v) is 7.09. The first-order chi connectivity index (χ1) is 12.4. The van der Waals surface area contributed by atoms with Crippen LogP contribution < -0.4 is 16.1 Å². The van der Waals surface area contributed by atoms with Gasteiger partial charge in [-0.15, -0.1) is 11.3 Å². The number of hydrogen-bond donors (Lipinski definition) is 0. The van der Waals surface area contributed by atoms with E-state index in [0.717, 1.165) is 20.7 Å². The molecule has 2 heterocycles. The molecule has 0 saturated heterocycles. The van der Waals surface area contributed by atoms with Crippen LogP contribution in [0.15, 0.2) is 51.4 Å². The molecule has 0 unspecified atom stereocenters. The number of rotatable bonds is 5. The van der Waals surface area contributed by atoms with Gasteiger partial charge in [-0.2, -0.15) is 0 Å². The molecule has 26 heavy (non-hydrogen) atoms. The Morgan fingerprint density at radius 1 is 1.08 bits per heavy atom. The Kier molecular flexibility index (Phi) is 4.90. The van der Waals surface area contributed by atoms with Crippen molar-refractivity contribution in [2.24, 2.45) is 14.1 Å². The quantitative estimate of drug-likeness (QED) is 0.649. The summed E-state index contributed by atoms with van der Waals surface area (Å²) in [7, 11) is 2.94. The molecule has 0 amide bonds. The number of hydrogen-bond acceptors (Lipinski definition) is 5. The summed E-state index contributed by atoms with van der Waals surface area (Å²) < 4.78 is 2.30. The third-order valence-corrected chi connectivity index (χ3v) is 5.14. The van der Waals surface area contributed by atoms with Gasteiger partial charge in [0.1, 0.15) is 11.4 Å². The maximum Gasteiger partial charge on any atom is 0.332 e. The van der Waals surface area contributed by atoms with Crippen LogP contribution in [0.4, 0.5) is 11.5 Å². The second-order valence-electron chi connectivity index (χ2n) is 6.06. The molecule has 0 aliphatic rings. The molecule has 3 aromatic rings. The lowest BCUT2D eigenvalue weighted by Gasteiger charge is -2.27. The molecule has 6 nitrogen and oxygen atoms in total. The zero-order valence-corrected chi connectivity index (χ0v) is 15.6. The van der Waals surface area contributed by atoms with E-state index in [9.17, 15) is 14.4 Å². The zero-order chi connectivity index (χ0) is 18.8. The average Bonchev–Trinajstić information content (AvgIpc) is 3.15. The number of aryl methyl sites for hydroxylation is 1. The van der Waals surface area contributed by atoms with E-state index in [2.05, 4.69) is 0 Å². The molecule has 0 spiro atoms. The van der Waals surface area contributed by atoms with Crippen molar-refractivity contribution in [3.8, 4) is 0 Å². The van der Waals surface area contributed by atoms with Crippen LogP contribution >= 0.6 is 11.3 Å². The van der Waals surface area contributed by atoms with Crippen LogP contribution in [0.25, 0.3) is 0 Å². The molecular formula is C19H19N3O3S. The van der Waals surface area contributed by atoms with Crippen molar-refractivity contribution in [3.63, 3.8) is 0 Å². The number of anilines is 2. The smallest absolute Gasteiger partial charge is 0.322 e. The SMILES string of the molecule is Cc1ccc(N(Cc2cccs2)c2c(C=O)c(=O)n(C)c(=O)n2C)cc1. The lowest BCUT2D eigenvalue weighted by molar-refractivity contribution is 0.112. The first-order valence-corrected chi connectivity index (χ1v) is 8.93. The van der Waals surface area contributed by atoms with Gasteiger partial charge in [-0.1, -0.05) is 23.8 Å². The minimum atomic E-state index is -0.596. The Bertz CT molecular complexity index is 1050. The van der Waals surface area contributed by atoms with Gasteiger partial charge in [-0.3, -0.25) is 18.7 Å². The van der Waals surface area contributed by atoms with Gasteiger partial charge in [0, 0.05) is 24.7 Å². The molecule has 1 aromatic carbocycles. The maximum atomic E-state index is 12.5. The second kappa shape index (κ2) is 7.13. The molecule has 0 aliphatic heterocycles. The summed E-state index contributed by atoms with van der Waals surface area (Å²) >= 11 is 1.57. The molecule has 0 atom stereocenters. The summed E-state index contributed by atoms with van der Waals surface area (Å²) in [5.41, 5.74) is 0.792. The third-order valence-electron chi connectivity index (χ3n) is 4.28. The molecular weight excluding hydrogens is 350 g/mol.